The second-order valence-electron chi connectivity index (χ2n) is 7.83. The number of hydrogen-bond acceptors (Lipinski definition) is 5. The average molecular weight is 433 g/mol. The van der Waals surface area contributed by atoms with Crippen LogP contribution in [0.5, 0.6) is 11.5 Å². The van der Waals surface area contributed by atoms with Crippen molar-refractivity contribution in [1.82, 2.24) is 5.32 Å². The summed E-state index contributed by atoms with van der Waals surface area (Å²) in [5.41, 5.74) is 1.40. The highest BCUT2D eigenvalue weighted by Gasteiger charge is 2.35. The molecule has 2 atom stereocenters. The highest BCUT2D eigenvalue weighted by molar-refractivity contribution is 7.92. The zero-order chi connectivity index (χ0) is 21.9. The van der Waals surface area contributed by atoms with Crippen LogP contribution < -0.4 is 19.1 Å². The Bertz CT molecular complexity index is 989. The lowest BCUT2D eigenvalue weighted by atomic mass is 9.96. The number of amides is 1. The number of para-hydroxylation sites is 2. The van der Waals surface area contributed by atoms with E-state index in [1.165, 1.54) is 4.31 Å². The smallest absolute Gasteiger partial charge is 0.263 e. The fraction of sp³-hybridized carbons (Fsp3) is 0.409. The molecule has 1 aliphatic rings. The maximum absolute atomic E-state index is 13.1. The summed E-state index contributed by atoms with van der Waals surface area (Å²) in [5.74, 6) is 1.11. The Morgan fingerprint density at radius 2 is 1.87 bits per heavy atom. The van der Waals surface area contributed by atoms with Crippen LogP contribution in [0.2, 0.25) is 0 Å². The summed E-state index contributed by atoms with van der Waals surface area (Å²) in [5, 5.41) is 3.05. The Labute approximate surface area is 178 Å². The van der Waals surface area contributed by atoms with E-state index in [9.17, 15) is 13.2 Å². The van der Waals surface area contributed by atoms with Gasteiger partial charge >= 0.3 is 0 Å². The molecular weight excluding hydrogens is 404 g/mol. The second kappa shape index (κ2) is 8.95. The van der Waals surface area contributed by atoms with Gasteiger partial charge in [-0.3, -0.25) is 9.10 Å². The van der Waals surface area contributed by atoms with Gasteiger partial charge in [0.25, 0.3) is 5.91 Å². The highest BCUT2D eigenvalue weighted by atomic mass is 32.2. The van der Waals surface area contributed by atoms with Gasteiger partial charge in [-0.1, -0.05) is 38.1 Å². The van der Waals surface area contributed by atoms with Crippen LogP contribution in [0, 0.1) is 5.92 Å². The Hall–Kier alpha value is -2.74. The Morgan fingerprint density at radius 3 is 2.47 bits per heavy atom. The van der Waals surface area contributed by atoms with Crippen LogP contribution in [-0.2, 0) is 14.8 Å². The first-order valence-corrected chi connectivity index (χ1v) is 11.7. The molecule has 0 saturated carbocycles. The van der Waals surface area contributed by atoms with Crippen LogP contribution in [0.1, 0.15) is 31.9 Å². The number of nitrogens with one attached hydrogen (secondary N) is 1. The first-order valence-electron chi connectivity index (χ1n) is 9.86. The lowest BCUT2D eigenvalue weighted by Crippen LogP contribution is -2.51. The van der Waals surface area contributed by atoms with Gasteiger partial charge in [0.15, 0.2) is 6.10 Å². The molecule has 0 radical (unpaired) electrons. The number of benzene rings is 2. The third kappa shape index (κ3) is 5.05. The fourth-order valence-corrected chi connectivity index (χ4v) is 4.42. The Morgan fingerprint density at radius 1 is 1.20 bits per heavy atom. The number of carbonyl (C=O) groups is 1. The summed E-state index contributed by atoms with van der Waals surface area (Å²) >= 11 is 0. The zero-order valence-electron chi connectivity index (χ0n) is 17.7. The van der Waals surface area contributed by atoms with Crippen LogP contribution in [0.4, 0.5) is 5.69 Å². The standard InChI is InChI=1S/C22H28N2O5S/c1-15(2)13-18(16-9-11-17(28-3)12-10-16)23-22(25)21-14-24(30(4,26)27)19-7-5-6-8-20(19)29-21/h5-12,15,18,21H,13-14H2,1-4H3,(H,23,25). The van der Waals surface area contributed by atoms with Gasteiger partial charge in [0.1, 0.15) is 11.5 Å². The minimum Gasteiger partial charge on any atom is -0.497 e. The normalized spacial score (nSPS) is 17.1. The minimum absolute atomic E-state index is 0.0707. The summed E-state index contributed by atoms with van der Waals surface area (Å²) in [6, 6.07) is 14.2. The number of fused-ring (bicyclic) bond motifs is 1. The molecule has 30 heavy (non-hydrogen) atoms. The molecule has 1 aliphatic heterocycles. The maximum Gasteiger partial charge on any atom is 0.263 e. The van der Waals surface area contributed by atoms with Gasteiger partial charge in [0, 0.05) is 0 Å². The number of anilines is 1. The molecule has 2 unspecified atom stereocenters. The molecule has 0 spiro atoms. The predicted molar refractivity (Wildman–Crippen MR) is 116 cm³/mol. The third-order valence-corrected chi connectivity index (χ3v) is 6.12. The fourth-order valence-electron chi connectivity index (χ4n) is 3.50. The number of nitrogens with zero attached hydrogens (tertiary/aromatic N) is 1. The molecule has 1 amide bonds. The van der Waals surface area contributed by atoms with Crippen molar-refractivity contribution in [2.45, 2.75) is 32.4 Å². The summed E-state index contributed by atoms with van der Waals surface area (Å²) in [4.78, 5) is 13.1. The molecular formula is C22H28N2O5S. The molecule has 0 aromatic heterocycles. The van der Waals surface area contributed by atoms with Gasteiger partial charge in [-0.25, -0.2) is 8.42 Å². The summed E-state index contributed by atoms with van der Waals surface area (Å²) in [7, 11) is -1.95. The van der Waals surface area contributed by atoms with Crippen molar-refractivity contribution in [3.63, 3.8) is 0 Å². The summed E-state index contributed by atoms with van der Waals surface area (Å²) < 4.78 is 36.9. The van der Waals surface area contributed by atoms with Crippen LogP contribution in [0.15, 0.2) is 48.5 Å². The molecule has 1 N–H and O–H groups in total. The van der Waals surface area contributed by atoms with Crippen molar-refractivity contribution in [3.8, 4) is 11.5 Å². The molecule has 8 heteroatoms. The molecule has 1 heterocycles. The van der Waals surface area contributed by atoms with E-state index in [0.29, 0.717) is 17.4 Å². The Kier molecular flexibility index (Phi) is 6.55. The van der Waals surface area contributed by atoms with Crippen LogP contribution >= 0.6 is 0 Å². The number of rotatable bonds is 7. The van der Waals surface area contributed by atoms with Gasteiger partial charge in [-0.15, -0.1) is 0 Å². The van der Waals surface area contributed by atoms with E-state index in [1.807, 2.05) is 24.3 Å². The summed E-state index contributed by atoms with van der Waals surface area (Å²) in [6.45, 7) is 4.10. The van der Waals surface area contributed by atoms with E-state index in [4.69, 9.17) is 9.47 Å². The number of methoxy groups -OCH3 is 1. The molecule has 162 valence electrons. The van der Waals surface area contributed by atoms with Gasteiger partial charge in [-0.2, -0.15) is 0 Å². The number of hydrogen-bond donors (Lipinski definition) is 1. The highest BCUT2D eigenvalue weighted by Crippen LogP contribution is 2.35. The van der Waals surface area contributed by atoms with Crippen LogP contribution in [0.25, 0.3) is 0 Å². The molecule has 0 bridgehead atoms. The molecule has 0 saturated heterocycles. The quantitative estimate of drug-likeness (QED) is 0.727. The van der Waals surface area contributed by atoms with Gasteiger partial charge in [0.2, 0.25) is 10.0 Å². The van der Waals surface area contributed by atoms with E-state index >= 15 is 0 Å². The number of carbonyl (C=O) groups excluding carboxylic acids is 1. The third-order valence-electron chi connectivity index (χ3n) is 4.97. The lowest BCUT2D eigenvalue weighted by Gasteiger charge is -2.34. The molecule has 0 fully saturated rings. The largest absolute Gasteiger partial charge is 0.497 e. The molecule has 2 aromatic rings. The maximum atomic E-state index is 13.1. The minimum atomic E-state index is -3.55. The van der Waals surface area contributed by atoms with E-state index < -0.39 is 16.1 Å². The average Bonchev–Trinajstić information content (AvgIpc) is 2.71. The Balaban J connectivity index is 1.83. The van der Waals surface area contributed by atoms with Crippen molar-refractivity contribution >= 4 is 21.6 Å². The van der Waals surface area contributed by atoms with E-state index in [2.05, 4.69) is 19.2 Å². The molecule has 0 aliphatic carbocycles. The summed E-state index contributed by atoms with van der Waals surface area (Å²) in [6.07, 6.45) is 0.919. The van der Waals surface area contributed by atoms with E-state index in [-0.39, 0.29) is 18.5 Å². The first-order chi connectivity index (χ1) is 14.2. The molecule has 3 rings (SSSR count). The van der Waals surface area contributed by atoms with Crippen LogP contribution in [-0.4, -0.2) is 40.3 Å². The van der Waals surface area contributed by atoms with Crippen molar-refractivity contribution in [2.75, 3.05) is 24.2 Å². The van der Waals surface area contributed by atoms with Crippen molar-refractivity contribution in [2.24, 2.45) is 5.92 Å². The van der Waals surface area contributed by atoms with Crippen molar-refractivity contribution < 1.29 is 22.7 Å². The van der Waals surface area contributed by atoms with Crippen molar-refractivity contribution in [1.29, 1.82) is 0 Å². The first kappa shape index (κ1) is 22.0. The molecule has 2 aromatic carbocycles. The topological polar surface area (TPSA) is 84.9 Å². The van der Waals surface area contributed by atoms with Gasteiger partial charge in [-0.05, 0) is 42.2 Å². The van der Waals surface area contributed by atoms with Crippen LogP contribution in [0.3, 0.4) is 0 Å². The van der Waals surface area contributed by atoms with E-state index in [0.717, 1.165) is 24.0 Å². The van der Waals surface area contributed by atoms with Gasteiger partial charge in [0.05, 0.1) is 31.6 Å². The monoisotopic (exact) mass is 432 g/mol. The zero-order valence-corrected chi connectivity index (χ0v) is 18.5. The predicted octanol–water partition coefficient (Wildman–Crippen LogP) is 3.13. The molecule has 7 nitrogen and oxygen atoms in total. The second-order valence-corrected chi connectivity index (χ2v) is 9.74. The SMILES string of the molecule is COc1ccc(C(CC(C)C)NC(=O)C2CN(S(C)(=O)=O)c3ccccc3O2)cc1. The number of ether oxygens (including phenoxy) is 2. The number of sulfonamides is 1. The van der Waals surface area contributed by atoms with Crippen molar-refractivity contribution in [3.05, 3.63) is 54.1 Å². The van der Waals surface area contributed by atoms with E-state index in [1.54, 1.807) is 31.4 Å². The lowest BCUT2D eigenvalue weighted by molar-refractivity contribution is -0.128. The van der Waals surface area contributed by atoms with Gasteiger partial charge < -0.3 is 14.8 Å².